The molecule has 0 bridgehead atoms. The van der Waals surface area contributed by atoms with Crippen molar-refractivity contribution in [1.29, 1.82) is 0 Å². The van der Waals surface area contributed by atoms with Gasteiger partial charge >= 0.3 is 0 Å². The maximum absolute atomic E-state index is 12.7. The number of carbonyl (C=O) groups excluding carboxylic acids is 2. The minimum atomic E-state index is -2.58. The molecule has 2 aromatic rings. The zero-order chi connectivity index (χ0) is 22.4. The summed E-state index contributed by atoms with van der Waals surface area (Å²) in [5.74, 6) is -0.279. The number of aryl methyl sites for hydroxylation is 1. The summed E-state index contributed by atoms with van der Waals surface area (Å²) >= 11 is 6.23. The summed E-state index contributed by atoms with van der Waals surface area (Å²) in [4.78, 5) is 28.8. The number of ether oxygens (including phenoxy) is 1. The van der Waals surface area contributed by atoms with Crippen molar-refractivity contribution < 1.29 is 23.1 Å². The molecule has 0 aliphatic heterocycles. The fraction of sp³-hybridized carbons (Fsp3) is 0.381. The smallest absolute Gasteiger partial charge is 0.272 e. The van der Waals surface area contributed by atoms with Crippen LogP contribution in [0.5, 0.6) is 5.75 Å². The molecule has 0 fully saturated rings. The minimum Gasteiger partial charge on any atom is -0.488 e. The molecule has 0 spiro atoms. The Morgan fingerprint density at radius 2 is 1.87 bits per heavy atom. The van der Waals surface area contributed by atoms with E-state index in [9.17, 15) is 18.4 Å². The van der Waals surface area contributed by atoms with Crippen LogP contribution in [0.3, 0.4) is 0 Å². The van der Waals surface area contributed by atoms with Crippen LogP contribution in [0, 0.1) is 12.8 Å². The van der Waals surface area contributed by atoms with Crippen LogP contribution in [0.2, 0.25) is 5.02 Å². The number of anilines is 1. The summed E-state index contributed by atoms with van der Waals surface area (Å²) < 4.78 is 29.5. The number of hydrogen-bond acceptors (Lipinski definition) is 4. The molecule has 1 aromatic carbocycles. The van der Waals surface area contributed by atoms with Crippen LogP contribution in [-0.4, -0.2) is 29.8 Å². The number of hydrogen-bond donors (Lipinski definition) is 2. The fourth-order valence-electron chi connectivity index (χ4n) is 2.60. The van der Waals surface area contributed by atoms with Crippen LogP contribution in [0.25, 0.3) is 0 Å². The predicted octanol–water partition coefficient (Wildman–Crippen LogP) is 4.77. The number of amides is 2. The summed E-state index contributed by atoms with van der Waals surface area (Å²) in [6, 6.07) is 7.20. The molecular formula is C21H24ClF2N3O3. The Balaban J connectivity index is 2.12. The summed E-state index contributed by atoms with van der Waals surface area (Å²) in [6.45, 7) is 6.26. The molecule has 0 saturated heterocycles. The Morgan fingerprint density at radius 3 is 2.47 bits per heavy atom. The van der Waals surface area contributed by atoms with Gasteiger partial charge in [-0.05, 0) is 43.7 Å². The van der Waals surface area contributed by atoms with Gasteiger partial charge in [0.25, 0.3) is 12.3 Å². The van der Waals surface area contributed by atoms with Gasteiger partial charge in [0, 0.05) is 22.2 Å². The van der Waals surface area contributed by atoms with Gasteiger partial charge in [-0.2, -0.15) is 0 Å². The zero-order valence-corrected chi connectivity index (χ0v) is 17.9. The molecule has 9 heteroatoms. The van der Waals surface area contributed by atoms with Crippen LogP contribution >= 0.6 is 11.6 Å². The normalized spacial score (nSPS) is 12.0. The lowest BCUT2D eigenvalue weighted by molar-refractivity contribution is -0.118. The van der Waals surface area contributed by atoms with Crippen LogP contribution in [-0.2, 0) is 4.79 Å². The van der Waals surface area contributed by atoms with Crippen molar-refractivity contribution in [3.05, 3.63) is 52.2 Å². The highest BCUT2D eigenvalue weighted by atomic mass is 35.5. The van der Waals surface area contributed by atoms with Crippen molar-refractivity contribution in [2.75, 3.05) is 11.9 Å². The van der Waals surface area contributed by atoms with Gasteiger partial charge in [-0.1, -0.05) is 31.5 Å². The van der Waals surface area contributed by atoms with Gasteiger partial charge in [0.2, 0.25) is 5.91 Å². The summed E-state index contributed by atoms with van der Waals surface area (Å²) in [5.41, 5.74) is 1.52. The van der Waals surface area contributed by atoms with Gasteiger partial charge in [-0.15, -0.1) is 0 Å². The minimum absolute atomic E-state index is 0.200. The Kier molecular flexibility index (Phi) is 8.11. The number of rotatable bonds is 8. The first-order chi connectivity index (χ1) is 14.1. The van der Waals surface area contributed by atoms with Gasteiger partial charge in [0.1, 0.15) is 18.2 Å². The third-order valence-electron chi connectivity index (χ3n) is 4.15. The molecule has 0 aliphatic carbocycles. The highest BCUT2D eigenvalue weighted by Gasteiger charge is 2.17. The lowest BCUT2D eigenvalue weighted by Gasteiger charge is -2.17. The number of halogens is 3. The van der Waals surface area contributed by atoms with E-state index in [2.05, 4.69) is 15.6 Å². The second kappa shape index (κ2) is 10.3. The average Bonchev–Trinajstić information content (AvgIpc) is 2.65. The van der Waals surface area contributed by atoms with Crippen LogP contribution in [0.4, 0.5) is 14.6 Å². The molecule has 162 valence electrons. The molecule has 2 amide bonds. The largest absolute Gasteiger partial charge is 0.488 e. The lowest BCUT2D eigenvalue weighted by atomic mass is 10.1. The van der Waals surface area contributed by atoms with E-state index in [1.165, 1.54) is 18.2 Å². The van der Waals surface area contributed by atoms with Crippen LogP contribution < -0.4 is 15.4 Å². The molecule has 0 radical (unpaired) electrons. The summed E-state index contributed by atoms with van der Waals surface area (Å²) in [5, 5.41) is 5.79. The van der Waals surface area contributed by atoms with E-state index < -0.39 is 19.1 Å². The maximum atomic E-state index is 12.7. The van der Waals surface area contributed by atoms with Crippen molar-refractivity contribution in [3.8, 4) is 5.75 Å². The third kappa shape index (κ3) is 6.66. The van der Waals surface area contributed by atoms with Gasteiger partial charge in [0.15, 0.2) is 0 Å². The molecule has 1 atom stereocenters. The molecule has 0 saturated carbocycles. The fourth-order valence-corrected chi connectivity index (χ4v) is 2.93. The Bertz CT molecular complexity index is 922. The molecule has 1 aromatic heterocycles. The van der Waals surface area contributed by atoms with Gasteiger partial charge in [-0.25, -0.2) is 13.8 Å². The van der Waals surface area contributed by atoms with Crippen molar-refractivity contribution in [3.63, 3.8) is 0 Å². The SMILES string of the molecule is Cc1cc(C(=O)NC(C)c2ccc(OCC(F)F)cc2Cl)cc(NC(=O)C(C)C)n1. The lowest BCUT2D eigenvalue weighted by Crippen LogP contribution is -2.27. The molecule has 30 heavy (non-hydrogen) atoms. The first-order valence-corrected chi connectivity index (χ1v) is 9.75. The number of alkyl halides is 2. The molecular weight excluding hydrogens is 416 g/mol. The number of benzene rings is 1. The second-order valence-corrected chi connectivity index (χ2v) is 7.51. The van der Waals surface area contributed by atoms with Gasteiger partial charge in [-0.3, -0.25) is 9.59 Å². The van der Waals surface area contributed by atoms with E-state index in [0.717, 1.165) is 0 Å². The molecule has 2 N–H and O–H groups in total. The topological polar surface area (TPSA) is 80.3 Å². The van der Waals surface area contributed by atoms with Crippen LogP contribution in [0.1, 0.15) is 48.4 Å². The average molecular weight is 440 g/mol. The Labute approximate surface area is 179 Å². The van der Waals surface area contributed by atoms with E-state index in [-0.39, 0.29) is 28.5 Å². The molecule has 1 heterocycles. The van der Waals surface area contributed by atoms with E-state index in [0.29, 0.717) is 22.6 Å². The molecule has 6 nitrogen and oxygen atoms in total. The van der Waals surface area contributed by atoms with Gasteiger partial charge < -0.3 is 15.4 Å². The Hall–Kier alpha value is -2.74. The summed E-state index contributed by atoms with van der Waals surface area (Å²) in [6.07, 6.45) is -2.58. The number of pyridine rings is 1. The molecule has 0 aliphatic rings. The zero-order valence-electron chi connectivity index (χ0n) is 17.1. The van der Waals surface area contributed by atoms with E-state index in [1.807, 2.05) is 0 Å². The highest BCUT2D eigenvalue weighted by molar-refractivity contribution is 6.31. The predicted molar refractivity (Wildman–Crippen MR) is 111 cm³/mol. The first-order valence-electron chi connectivity index (χ1n) is 9.37. The van der Waals surface area contributed by atoms with Crippen molar-refractivity contribution in [2.24, 2.45) is 5.92 Å². The van der Waals surface area contributed by atoms with E-state index in [4.69, 9.17) is 16.3 Å². The van der Waals surface area contributed by atoms with Crippen molar-refractivity contribution in [2.45, 2.75) is 40.2 Å². The second-order valence-electron chi connectivity index (χ2n) is 7.11. The first kappa shape index (κ1) is 23.5. The summed E-state index contributed by atoms with van der Waals surface area (Å²) in [7, 11) is 0. The number of nitrogens with one attached hydrogen (secondary N) is 2. The van der Waals surface area contributed by atoms with Crippen molar-refractivity contribution in [1.82, 2.24) is 10.3 Å². The standard InChI is InChI=1S/C21H24ClF2N3O3/c1-11(2)20(28)27-19-8-14(7-12(3)25-19)21(29)26-13(4)16-6-5-15(9-17(16)22)30-10-18(23)24/h5-9,11,13,18H,10H2,1-4H3,(H,26,29)(H,25,27,28). The maximum Gasteiger partial charge on any atom is 0.272 e. The number of nitrogens with zero attached hydrogens (tertiary/aromatic N) is 1. The Morgan fingerprint density at radius 1 is 1.17 bits per heavy atom. The van der Waals surface area contributed by atoms with Crippen molar-refractivity contribution >= 4 is 29.2 Å². The monoisotopic (exact) mass is 439 g/mol. The van der Waals surface area contributed by atoms with Gasteiger partial charge in [0.05, 0.1) is 6.04 Å². The molecule has 1 unspecified atom stereocenters. The third-order valence-corrected chi connectivity index (χ3v) is 4.48. The molecule has 2 rings (SSSR count). The highest BCUT2D eigenvalue weighted by Crippen LogP contribution is 2.28. The number of carbonyl (C=O) groups is 2. The van der Waals surface area contributed by atoms with Crippen LogP contribution in [0.15, 0.2) is 30.3 Å². The quantitative estimate of drug-likeness (QED) is 0.620. The number of aromatic nitrogens is 1. The van der Waals surface area contributed by atoms with E-state index in [1.54, 1.807) is 39.8 Å². The van der Waals surface area contributed by atoms with E-state index >= 15 is 0 Å².